The molecule has 0 fully saturated rings. The second kappa shape index (κ2) is 4.77. The SMILES string of the molecule is Cn1c(C2CNc3ccccc3O2)nc2cc(Br)ccc21. The molecule has 4 nitrogen and oxygen atoms in total. The van der Waals surface area contributed by atoms with Crippen LogP contribution in [0.5, 0.6) is 5.75 Å². The summed E-state index contributed by atoms with van der Waals surface area (Å²) >= 11 is 3.49. The number of nitrogens with zero attached hydrogens (tertiary/aromatic N) is 2. The monoisotopic (exact) mass is 343 g/mol. The lowest BCUT2D eigenvalue weighted by Crippen LogP contribution is -2.25. The first kappa shape index (κ1) is 12.7. The first-order valence-electron chi connectivity index (χ1n) is 6.84. The van der Waals surface area contributed by atoms with Crippen LogP contribution in [0, 0.1) is 0 Å². The summed E-state index contributed by atoms with van der Waals surface area (Å²) < 4.78 is 9.24. The molecule has 5 heteroatoms. The van der Waals surface area contributed by atoms with Crippen LogP contribution >= 0.6 is 15.9 Å². The molecule has 0 saturated carbocycles. The molecule has 0 radical (unpaired) electrons. The molecule has 0 bridgehead atoms. The van der Waals surface area contributed by atoms with E-state index in [1.54, 1.807) is 0 Å². The predicted molar refractivity (Wildman–Crippen MR) is 86.7 cm³/mol. The lowest BCUT2D eigenvalue weighted by Gasteiger charge is -2.26. The number of imidazole rings is 1. The van der Waals surface area contributed by atoms with Gasteiger partial charge in [0.2, 0.25) is 0 Å². The second-order valence-corrected chi connectivity index (χ2v) is 6.06. The highest BCUT2D eigenvalue weighted by Crippen LogP contribution is 2.34. The molecule has 4 rings (SSSR count). The van der Waals surface area contributed by atoms with Gasteiger partial charge < -0.3 is 14.6 Å². The normalized spacial score (nSPS) is 17.1. The Labute approximate surface area is 130 Å². The summed E-state index contributed by atoms with van der Waals surface area (Å²) in [6.07, 6.45) is -0.0870. The van der Waals surface area contributed by atoms with Crippen LogP contribution < -0.4 is 10.1 Å². The molecule has 106 valence electrons. The van der Waals surface area contributed by atoms with Gasteiger partial charge in [-0.25, -0.2) is 4.98 Å². The van der Waals surface area contributed by atoms with Crippen molar-refractivity contribution >= 4 is 32.7 Å². The summed E-state index contributed by atoms with van der Waals surface area (Å²) in [5, 5.41) is 3.41. The van der Waals surface area contributed by atoms with Crippen LogP contribution in [0.1, 0.15) is 11.9 Å². The minimum absolute atomic E-state index is 0.0870. The molecule has 2 heterocycles. The molecular formula is C16H14BrN3O. The summed E-state index contributed by atoms with van der Waals surface area (Å²) in [7, 11) is 2.03. The Kier molecular flexibility index (Phi) is 2.89. The van der Waals surface area contributed by atoms with Crippen molar-refractivity contribution in [3.63, 3.8) is 0 Å². The van der Waals surface area contributed by atoms with Crippen LogP contribution in [0.2, 0.25) is 0 Å². The lowest BCUT2D eigenvalue weighted by atomic mass is 10.2. The quantitative estimate of drug-likeness (QED) is 0.728. The number of hydrogen-bond acceptors (Lipinski definition) is 3. The van der Waals surface area contributed by atoms with E-state index in [1.165, 1.54) is 0 Å². The summed E-state index contributed by atoms with van der Waals surface area (Å²) in [4.78, 5) is 4.74. The Bertz CT molecular complexity index is 828. The van der Waals surface area contributed by atoms with Crippen LogP contribution in [-0.4, -0.2) is 16.1 Å². The van der Waals surface area contributed by atoms with E-state index >= 15 is 0 Å². The fourth-order valence-electron chi connectivity index (χ4n) is 2.74. The van der Waals surface area contributed by atoms with Crippen LogP contribution in [0.3, 0.4) is 0 Å². The van der Waals surface area contributed by atoms with Gasteiger partial charge >= 0.3 is 0 Å². The third kappa shape index (κ3) is 2.08. The van der Waals surface area contributed by atoms with Gasteiger partial charge in [-0.2, -0.15) is 0 Å². The molecule has 1 atom stereocenters. The largest absolute Gasteiger partial charge is 0.478 e. The van der Waals surface area contributed by atoms with Gasteiger partial charge in [-0.1, -0.05) is 28.1 Å². The van der Waals surface area contributed by atoms with Gasteiger partial charge in [0.1, 0.15) is 5.75 Å². The molecular weight excluding hydrogens is 330 g/mol. The van der Waals surface area contributed by atoms with E-state index in [1.807, 2.05) is 43.4 Å². The van der Waals surface area contributed by atoms with E-state index in [4.69, 9.17) is 9.72 Å². The number of hydrogen-bond donors (Lipinski definition) is 1. The van der Waals surface area contributed by atoms with Gasteiger partial charge in [-0.15, -0.1) is 0 Å². The molecule has 1 aliphatic rings. The number of benzene rings is 2. The van der Waals surface area contributed by atoms with E-state index in [9.17, 15) is 0 Å². The van der Waals surface area contributed by atoms with Crippen molar-refractivity contribution in [2.45, 2.75) is 6.10 Å². The van der Waals surface area contributed by atoms with E-state index < -0.39 is 0 Å². The van der Waals surface area contributed by atoms with Crippen molar-refractivity contribution in [1.82, 2.24) is 9.55 Å². The zero-order valence-corrected chi connectivity index (χ0v) is 13.1. The topological polar surface area (TPSA) is 39.1 Å². The van der Waals surface area contributed by atoms with Crippen molar-refractivity contribution in [2.24, 2.45) is 7.05 Å². The van der Waals surface area contributed by atoms with E-state index in [2.05, 4.69) is 31.9 Å². The average molecular weight is 344 g/mol. The van der Waals surface area contributed by atoms with Gasteiger partial charge in [0.15, 0.2) is 11.9 Å². The highest BCUT2D eigenvalue weighted by Gasteiger charge is 2.25. The Hall–Kier alpha value is -2.01. The van der Waals surface area contributed by atoms with Gasteiger partial charge in [0.05, 0.1) is 23.3 Å². The van der Waals surface area contributed by atoms with Crippen LogP contribution in [0.25, 0.3) is 11.0 Å². The Morgan fingerprint density at radius 2 is 2.14 bits per heavy atom. The Balaban J connectivity index is 1.76. The fraction of sp³-hybridized carbons (Fsp3) is 0.188. The first-order valence-corrected chi connectivity index (χ1v) is 7.63. The van der Waals surface area contributed by atoms with Gasteiger partial charge in [0, 0.05) is 11.5 Å². The fourth-order valence-corrected chi connectivity index (χ4v) is 3.09. The maximum atomic E-state index is 6.10. The summed E-state index contributed by atoms with van der Waals surface area (Å²) in [6, 6.07) is 14.1. The Morgan fingerprint density at radius 3 is 3.05 bits per heavy atom. The molecule has 0 aliphatic carbocycles. The van der Waals surface area contributed by atoms with Gasteiger partial charge in [-0.3, -0.25) is 0 Å². The van der Waals surface area contributed by atoms with Crippen LogP contribution in [0.15, 0.2) is 46.9 Å². The number of fused-ring (bicyclic) bond motifs is 2. The molecule has 1 aromatic heterocycles. The van der Waals surface area contributed by atoms with Gasteiger partial charge in [-0.05, 0) is 30.3 Å². The van der Waals surface area contributed by atoms with Crippen LogP contribution in [0.4, 0.5) is 5.69 Å². The third-order valence-corrected chi connectivity index (χ3v) is 4.29. The number of para-hydroxylation sites is 2. The number of nitrogens with one attached hydrogen (secondary N) is 1. The predicted octanol–water partition coefficient (Wildman–Crippen LogP) is 3.88. The van der Waals surface area contributed by atoms with Crippen molar-refractivity contribution in [2.75, 3.05) is 11.9 Å². The van der Waals surface area contributed by atoms with Crippen LogP contribution in [-0.2, 0) is 7.05 Å². The summed E-state index contributed by atoms with van der Waals surface area (Å²) in [6.45, 7) is 0.718. The van der Waals surface area contributed by atoms with E-state index in [-0.39, 0.29) is 6.10 Å². The molecule has 0 amide bonds. The lowest BCUT2D eigenvalue weighted by molar-refractivity contribution is 0.197. The number of halogens is 1. The van der Waals surface area contributed by atoms with Crippen molar-refractivity contribution in [3.05, 3.63) is 52.8 Å². The number of anilines is 1. The standard InChI is InChI=1S/C16H14BrN3O/c1-20-13-7-6-10(17)8-12(13)19-16(20)15-9-18-11-4-2-3-5-14(11)21-15/h2-8,15,18H,9H2,1H3. The average Bonchev–Trinajstić information content (AvgIpc) is 2.83. The van der Waals surface area contributed by atoms with Crippen molar-refractivity contribution < 1.29 is 4.74 Å². The van der Waals surface area contributed by atoms with Crippen molar-refractivity contribution in [1.29, 1.82) is 0 Å². The molecule has 21 heavy (non-hydrogen) atoms. The smallest absolute Gasteiger partial charge is 0.173 e. The number of rotatable bonds is 1. The van der Waals surface area contributed by atoms with Crippen molar-refractivity contribution in [3.8, 4) is 5.75 Å². The highest BCUT2D eigenvalue weighted by atomic mass is 79.9. The number of aromatic nitrogens is 2. The molecule has 0 spiro atoms. The van der Waals surface area contributed by atoms with E-state index in [0.29, 0.717) is 0 Å². The molecule has 3 aromatic rings. The first-order chi connectivity index (χ1) is 10.2. The molecule has 1 aliphatic heterocycles. The highest BCUT2D eigenvalue weighted by molar-refractivity contribution is 9.10. The summed E-state index contributed by atoms with van der Waals surface area (Å²) in [5.74, 6) is 1.81. The zero-order valence-electron chi connectivity index (χ0n) is 11.5. The third-order valence-electron chi connectivity index (χ3n) is 3.80. The molecule has 1 N–H and O–H groups in total. The van der Waals surface area contributed by atoms with Gasteiger partial charge in [0.25, 0.3) is 0 Å². The minimum Gasteiger partial charge on any atom is -0.478 e. The number of aryl methyl sites for hydroxylation is 1. The molecule has 2 aromatic carbocycles. The zero-order chi connectivity index (χ0) is 14.4. The minimum atomic E-state index is -0.0870. The maximum absolute atomic E-state index is 6.10. The maximum Gasteiger partial charge on any atom is 0.173 e. The van der Waals surface area contributed by atoms with E-state index in [0.717, 1.165) is 39.3 Å². The Morgan fingerprint density at radius 1 is 1.29 bits per heavy atom. The summed E-state index contributed by atoms with van der Waals surface area (Å²) in [5.41, 5.74) is 3.12. The molecule has 1 unspecified atom stereocenters. The number of ether oxygens (including phenoxy) is 1. The molecule has 0 saturated heterocycles. The second-order valence-electron chi connectivity index (χ2n) is 5.15.